The normalized spacial score (nSPS) is 8.75. The Balaban J connectivity index is 3.12. The number of alkyl halides is 1. The molecule has 0 rings (SSSR count). The summed E-state index contributed by atoms with van der Waals surface area (Å²) in [5.41, 5.74) is 0. The van der Waals surface area contributed by atoms with Gasteiger partial charge in [0.05, 0.1) is 6.67 Å². The highest BCUT2D eigenvalue weighted by atomic mass is 19.1. The van der Waals surface area contributed by atoms with E-state index >= 15 is 0 Å². The van der Waals surface area contributed by atoms with Crippen molar-refractivity contribution >= 4 is 5.97 Å². The third kappa shape index (κ3) is 8.96. The second-order valence-electron chi connectivity index (χ2n) is 2.46. The zero-order valence-electron chi connectivity index (χ0n) is 6.98. The highest BCUT2D eigenvalue weighted by Gasteiger charge is 1.88. The van der Waals surface area contributed by atoms with Crippen molar-refractivity contribution in [2.24, 2.45) is 0 Å². The van der Waals surface area contributed by atoms with E-state index in [0.29, 0.717) is 12.8 Å². The van der Waals surface area contributed by atoms with E-state index in [1.165, 1.54) is 0 Å². The van der Waals surface area contributed by atoms with Gasteiger partial charge in [0.25, 0.3) is 0 Å². The fourth-order valence-electron chi connectivity index (χ4n) is 0.800. The number of unbranched alkanes of at least 4 members (excludes halogenated alkanes) is 4. The molecule has 0 heterocycles. The number of hydrogen-bond donors (Lipinski definition) is 1. The zero-order valence-corrected chi connectivity index (χ0v) is 6.98. The molecule has 68 valence electrons. The minimum Gasteiger partial charge on any atom is -0.472 e. The van der Waals surface area contributed by atoms with Gasteiger partial charge in [-0.25, -0.2) is 4.79 Å². The van der Waals surface area contributed by atoms with Crippen molar-refractivity contribution in [3.63, 3.8) is 0 Å². The minimum atomic E-state index is -1.08. The number of aliphatic carboxylic acids is 1. The van der Waals surface area contributed by atoms with E-state index in [1.54, 1.807) is 0 Å². The van der Waals surface area contributed by atoms with Crippen LogP contribution in [-0.4, -0.2) is 17.8 Å². The Hall–Kier alpha value is -1.04. The molecule has 0 aliphatic carbocycles. The molecule has 3 heteroatoms. The molecular weight excluding hydrogens is 159 g/mol. The third-order valence-corrected chi connectivity index (χ3v) is 1.38. The first-order chi connectivity index (χ1) is 5.77. The average molecular weight is 172 g/mol. The Labute approximate surface area is 71.8 Å². The van der Waals surface area contributed by atoms with Crippen LogP contribution >= 0.6 is 0 Å². The fraction of sp³-hybridized carbons (Fsp3) is 0.667. The summed E-state index contributed by atoms with van der Waals surface area (Å²) in [5, 5.41) is 8.13. The van der Waals surface area contributed by atoms with Gasteiger partial charge in [-0.15, -0.1) is 0 Å². The third-order valence-electron chi connectivity index (χ3n) is 1.38. The summed E-state index contributed by atoms with van der Waals surface area (Å²) in [4.78, 5) is 9.91. The molecule has 2 nitrogen and oxygen atoms in total. The summed E-state index contributed by atoms with van der Waals surface area (Å²) in [7, 11) is 0. The molecule has 0 fully saturated rings. The summed E-state index contributed by atoms with van der Waals surface area (Å²) >= 11 is 0. The first-order valence-corrected chi connectivity index (χ1v) is 4.05. The predicted octanol–water partition coefficient (Wildman–Crippen LogP) is 1.99. The topological polar surface area (TPSA) is 37.3 Å². The van der Waals surface area contributed by atoms with Gasteiger partial charge in [0.15, 0.2) is 0 Å². The van der Waals surface area contributed by atoms with Gasteiger partial charge < -0.3 is 5.11 Å². The maximum absolute atomic E-state index is 11.6. The Morgan fingerprint density at radius 2 is 1.92 bits per heavy atom. The average Bonchev–Trinajstić information content (AvgIpc) is 2.02. The molecule has 0 aromatic carbocycles. The first-order valence-electron chi connectivity index (χ1n) is 4.05. The first kappa shape index (κ1) is 11.0. The number of rotatable bonds is 5. The van der Waals surface area contributed by atoms with E-state index in [2.05, 4.69) is 5.92 Å². The van der Waals surface area contributed by atoms with Crippen LogP contribution in [0.5, 0.6) is 0 Å². The van der Waals surface area contributed by atoms with Crippen molar-refractivity contribution in [3.8, 4) is 11.8 Å². The van der Waals surface area contributed by atoms with Gasteiger partial charge in [-0.05, 0) is 12.8 Å². The molecule has 0 aromatic rings. The van der Waals surface area contributed by atoms with Crippen molar-refractivity contribution in [1.29, 1.82) is 0 Å². The van der Waals surface area contributed by atoms with Crippen molar-refractivity contribution < 1.29 is 14.3 Å². The summed E-state index contributed by atoms with van der Waals surface area (Å²) in [6.07, 6.45) is 3.86. The number of halogens is 1. The lowest BCUT2D eigenvalue weighted by Crippen LogP contribution is -1.86. The van der Waals surface area contributed by atoms with E-state index in [0.717, 1.165) is 19.3 Å². The Morgan fingerprint density at radius 3 is 2.50 bits per heavy atom. The molecule has 0 atom stereocenters. The predicted molar refractivity (Wildman–Crippen MR) is 44.5 cm³/mol. The lowest BCUT2D eigenvalue weighted by Gasteiger charge is -1.92. The summed E-state index contributed by atoms with van der Waals surface area (Å²) in [6.45, 7) is -0.263. The van der Waals surface area contributed by atoms with Gasteiger partial charge in [-0.3, -0.25) is 4.39 Å². The number of hydrogen-bond acceptors (Lipinski definition) is 1. The second-order valence-corrected chi connectivity index (χ2v) is 2.46. The van der Waals surface area contributed by atoms with E-state index in [1.807, 2.05) is 5.92 Å². The molecule has 0 radical (unpaired) electrons. The van der Waals surface area contributed by atoms with Gasteiger partial charge in [-0.1, -0.05) is 18.8 Å². The number of carboxylic acid groups (broad SMARTS) is 1. The molecule has 0 spiro atoms. The zero-order chi connectivity index (χ0) is 9.23. The van der Waals surface area contributed by atoms with E-state index < -0.39 is 5.97 Å². The van der Waals surface area contributed by atoms with Crippen LogP contribution in [-0.2, 0) is 4.79 Å². The molecule has 12 heavy (non-hydrogen) atoms. The highest BCUT2D eigenvalue weighted by molar-refractivity contribution is 5.86. The van der Waals surface area contributed by atoms with Gasteiger partial charge in [0, 0.05) is 12.3 Å². The summed E-state index contributed by atoms with van der Waals surface area (Å²) < 4.78 is 11.6. The van der Waals surface area contributed by atoms with Gasteiger partial charge >= 0.3 is 5.97 Å². The largest absolute Gasteiger partial charge is 0.472 e. The van der Waals surface area contributed by atoms with Crippen LogP contribution in [0.3, 0.4) is 0 Å². The van der Waals surface area contributed by atoms with Crippen LogP contribution in [0.15, 0.2) is 0 Å². The lowest BCUT2D eigenvalue weighted by molar-refractivity contribution is -0.130. The monoisotopic (exact) mass is 172 g/mol. The molecule has 0 aliphatic heterocycles. The Bertz CT molecular complexity index is 179. The molecule has 0 aliphatic rings. The second kappa shape index (κ2) is 8.06. The molecule has 0 saturated carbocycles. The van der Waals surface area contributed by atoms with Crippen molar-refractivity contribution in [2.75, 3.05) is 6.67 Å². The summed E-state index contributed by atoms with van der Waals surface area (Å²) in [6, 6.07) is 0. The standard InChI is InChI=1S/C9H13FO2/c10-8-6-4-2-1-3-5-7-9(11)12/h1-4,6,8H2,(H,11,12). The lowest BCUT2D eigenvalue weighted by atomic mass is 10.1. The van der Waals surface area contributed by atoms with Crippen LogP contribution in [0.25, 0.3) is 0 Å². The molecule has 0 bridgehead atoms. The van der Waals surface area contributed by atoms with E-state index in [9.17, 15) is 9.18 Å². The number of carboxylic acids is 1. The highest BCUT2D eigenvalue weighted by Crippen LogP contribution is 2.01. The molecule has 0 amide bonds. The van der Waals surface area contributed by atoms with Crippen molar-refractivity contribution in [3.05, 3.63) is 0 Å². The summed E-state index contributed by atoms with van der Waals surface area (Å²) in [5.74, 6) is 3.46. The maximum atomic E-state index is 11.6. The van der Waals surface area contributed by atoms with Gasteiger partial charge in [0.2, 0.25) is 0 Å². The van der Waals surface area contributed by atoms with Gasteiger partial charge in [0.1, 0.15) is 0 Å². The maximum Gasteiger partial charge on any atom is 0.381 e. The van der Waals surface area contributed by atoms with Crippen LogP contribution in [0.2, 0.25) is 0 Å². The quantitative estimate of drug-likeness (QED) is 0.508. The van der Waals surface area contributed by atoms with E-state index in [4.69, 9.17) is 5.11 Å². The molecule has 0 unspecified atom stereocenters. The van der Waals surface area contributed by atoms with Gasteiger partial charge in [-0.2, -0.15) is 0 Å². The Kier molecular flexibility index (Phi) is 7.36. The smallest absolute Gasteiger partial charge is 0.381 e. The van der Waals surface area contributed by atoms with Crippen LogP contribution < -0.4 is 0 Å². The van der Waals surface area contributed by atoms with Crippen LogP contribution in [0.4, 0.5) is 4.39 Å². The van der Waals surface area contributed by atoms with Crippen molar-refractivity contribution in [2.45, 2.75) is 32.1 Å². The van der Waals surface area contributed by atoms with Crippen LogP contribution in [0.1, 0.15) is 32.1 Å². The SMILES string of the molecule is O=C(O)C#CCCCCCCF. The molecule has 0 saturated heterocycles. The molecular formula is C9H13FO2. The van der Waals surface area contributed by atoms with Crippen LogP contribution in [0, 0.1) is 11.8 Å². The number of carbonyl (C=O) groups is 1. The fourth-order valence-corrected chi connectivity index (χ4v) is 0.800. The Morgan fingerprint density at radius 1 is 1.25 bits per heavy atom. The minimum absolute atomic E-state index is 0.263. The van der Waals surface area contributed by atoms with E-state index in [-0.39, 0.29) is 6.67 Å². The molecule has 1 N–H and O–H groups in total. The molecule has 0 aromatic heterocycles. The van der Waals surface area contributed by atoms with Crippen molar-refractivity contribution in [1.82, 2.24) is 0 Å².